The van der Waals surface area contributed by atoms with Crippen molar-refractivity contribution in [2.24, 2.45) is 4.99 Å². The van der Waals surface area contributed by atoms with Crippen LogP contribution in [0.1, 0.15) is 20.8 Å². The highest BCUT2D eigenvalue weighted by molar-refractivity contribution is 6.22. The normalized spacial score (nSPS) is 15.2. The van der Waals surface area contributed by atoms with E-state index in [0.29, 0.717) is 17.9 Å². The number of hydrogen-bond donors (Lipinski definition) is 3. The molecule has 136 valence electrons. The van der Waals surface area contributed by atoms with Gasteiger partial charge in [0.1, 0.15) is 0 Å². The van der Waals surface area contributed by atoms with Gasteiger partial charge in [0.05, 0.1) is 23.6 Å². The second kappa shape index (κ2) is 8.75. The molecule has 1 aliphatic rings. The van der Waals surface area contributed by atoms with Crippen molar-refractivity contribution in [2.75, 3.05) is 18.4 Å². The summed E-state index contributed by atoms with van der Waals surface area (Å²) in [5.41, 5.74) is 3.05. The Morgan fingerprint density at radius 2 is 1.81 bits per heavy atom. The molecule has 26 heavy (non-hydrogen) atoms. The molecule has 0 radical (unpaired) electrons. The summed E-state index contributed by atoms with van der Waals surface area (Å²) in [5, 5.41) is 8.26. The number of allylic oxidation sites excluding steroid dienone is 3. The van der Waals surface area contributed by atoms with Gasteiger partial charge in [0.15, 0.2) is 0 Å². The number of nitrogens with zero attached hydrogens (tertiary/aromatic N) is 1. The standard InChI is InChI=1S/C19H22N4O3/c1-4-20-19(26)11-21-14-5-7-15(8-6-14)23-16-10-17(22-13(3)24)18(25)9-12(16)2/h5-10,21H,4,11H2,1-3H3,(H,20,26)(H,22,24). The number of likely N-dealkylation sites (N-methyl/N-ethyl adjacent to an activating group) is 1. The number of rotatable bonds is 6. The van der Waals surface area contributed by atoms with Crippen molar-refractivity contribution in [1.82, 2.24) is 10.6 Å². The van der Waals surface area contributed by atoms with Crippen molar-refractivity contribution in [3.8, 4) is 0 Å². The number of hydrogen-bond acceptors (Lipinski definition) is 5. The smallest absolute Gasteiger partial charge is 0.239 e. The fourth-order valence-electron chi connectivity index (χ4n) is 2.31. The Balaban J connectivity index is 2.11. The quantitative estimate of drug-likeness (QED) is 0.679. The van der Waals surface area contributed by atoms with Crippen LogP contribution in [0.2, 0.25) is 0 Å². The number of carbonyl (C=O) groups excluding carboxylic acids is 3. The van der Waals surface area contributed by atoms with Gasteiger partial charge >= 0.3 is 0 Å². The molecule has 0 bridgehead atoms. The van der Waals surface area contributed by atoms with Crippen molar-refractivity contribution in [2.45, 2.75) is 20.8 Å². The molecular weight excluding hydrogens is 332 g/mol. The van der Waals surface area contributed by atoms with Crippen molar-refractivity contribution >= 4 is 34.7 Å². The van der Waals surface area contributed by atoms with E-state index in [4.69, 9.17) is 0 Å². The molecule has 7 nitrogen and oxygen atoms in total. The summed E-state index contributed by atoms with van der Waals surface area (Å²) < 4.78 is 0. The van der Waals surface area contributed by atoms with Crippen LogP contribution < -0.4 is 16.0 Å². The van der Waals surface area contributed by atoms with Gasteiger partial charge in [-0.3, -0.25) is 14.4 Å². The SMILES string of the molecule is CCNC(=O)CNc1ccc(N=C2C=C(NC(C)=O)C(=O)C=C2C)cc1. The van der Waals surface area contributed by atoms with Gasteiger partial charge in [-0.15, -0.1) is 0 Å². The van der Waals surface area contributed by atoms with E-state index in [0.717, 1.165) is 11.3 Å². The number of benzene rings is 1. The molecule has 2 rings (SSSR count). The molecule has 3 N–H and O–H groups in total. The first-order valence-electron chi connectivity index (χ1n) is 8.30. The lowest BCUT2D eigenvalue weighted by molar-refractivity contribution is -0.120. The van der Waals surface area contributed by atoms with Crippen LogP contribution in [0.4, 0.5) is 11.4 Å². The summed E-state index contributed by atoms with van der Waals surface area (Å²) in [6.45, 7) is 5.81. The van der Waals surface area contributed by atoms with E-state index in [-0.39, 0.29) is 29.8 Å². The number of aliphatic imine (C=N–C) groups is 1. The number of nitrogens with one attached hydrogen (secondary N) is 3. The molecule has 0 heterocycles. The van der Waals surface area contributed by atoms with Gasteiger partial charge in [-0.05, 0) is 55.8 Å². The lowest BCUT2D eigenvalue weighted by Gasteiger charge is -2.13. The van der Waals surface area contributed by atoms with Crippen molar-refractivity contribution < 1.29 is 14.4 Å². The monoisotopic (exact) mass is 354 g/mol. The third-order valence-electron chi connectivity index (χ3n) is 3.55. The fraction of sp³-hybridized carbons (Fsp3) is 0.263. The number of carbonyl (C=O) groups is 3. The first kappa shape index (κ1) is 19.1. The van der Waals surface area contributed by atoms with Crippen LogP contribution in [-0.2, 0) is 14.4 Å². The Bertz CT molecular complexity index is 805. The van der Waals surface area contributed by atoms with E-state index in [2.05, 4.69) is 20.9 Å². The van der Waals surface area contributed by atoms with E-state index in [1.165, 1.54) is 13.0 Å². The predicted molar refractivity (Wildman–Crippen MR) is 101 cm³/mol. The van der Waals surface area contributed by atoms with E-state index < -0.39 is 0 Å². The lowest BCUT2D eigenvalue weighted by Crippen LogP contribution is -2.29. The molecule has 1 aromatic carbocycles. The zero-order chi connectivity index (χ0) is 19.1. The molecule has 7 heteroatoms. The first-order valence-corrected chi connectivity index (χ1v) is 8.30. The average Bonchev–Trinajstić information content (AvgIpc) is 2.58. The molecule has 0 aromatic heterocycles. The number of amides is 2. The minimum atomic E-state index is -0.306. The Kier molecular flexibility index (Phi) is 6.43. The summed E-state index contributed by atoms with van der Waals surface area (Å²) in [6, 6.07) is 7.26. The minimum absolute atomic E-state index is 0.0694. The molecule has 0 spiro atoms. The molecule has 2 amide bonds. The third-order valence-corrected chi connectivity index (χ3v) is 3.55. The second-order valence-corrected chi connectivity index (χ2v) is 5.78. The summed E-state index contributed by atoms with van der Waals surface area (Å²) >= 11 is 0. The third kappa shape index (κ3) is 5.41. The maximum Gasteiger partial charge on any atom is 0.239 e. The van der Waals surface area contributed by atoms with Gasteiger partial charge in [0, 0.05) is 19.2 Å². The van der Waals surface area contributed by atoms with Gasteiger partial charge in [-0.25, -0.2) is 4.99 Å². The van der Waals surface area contributed by atoms with Crippen LogP contribution in [0.5, 0.6) is 0 Å². The van der Waals surface area contributed by atoms with Crippen LogP contribution in [0, 0.1) is 0 Å². The molecule has 1 aromatic rings. The minimum Gasteiger partial charge on any atom is -0.376 e. The van der Waals surface area contributed by atoms with Gasteiger partial charge in [-0.1, -0.05) is 0 Å². The summed E-state index contributed by atoms with van der Waals surface area (Å²) in [6.07, 6.45) is 3.02. The van der Waals surface area contributed by atoms with Crippen LogP contribution >= 0.6 is 0 Å². The summed E-state index contributed by atoms with van der Waals surface area (Å²) in [7, 11) is 0. The van der Waals surface area contributed by atoms with E-state index in [1.54, 1.807) is 13.0 Å². The average molecular weight is 354 g/mol. The highest BCUT2D eigenvalue weighted by Gasteiger charge is 2.17. The lowest BCUT2D eigenvalue weighted by atomic mass is 10.0. The molecule has 0 fully saturated rings. The Morgan fingerprint density at radius 3 is 2.42 bits per heavy atom. The van der Waals surface area contributed by atoms with Crippen molar-refractivity contribution in [1.29, 1.82) is 0 Å². The number of anilines is 1. The van der Waals surface area contributed by atoms with Crippen LogP contribution in [0.3, 0.4) is 0 Å². The first-order chi connectivity index (χ1) is 12.4. The molecule has 1 aliphatic carbocycles. The second-order valence-electron chi connectivity index (χ2n) is 5.78. The Morgan fingerprint density at radius 1 is 1.12 bits per heavy atom. The predicted octanol–water partition coefficient (Wildman–Crippen LogP) is 1.86. The fourth-order valence-corrected chi connectivity index (χ4v) is 2.31. The van der Waals surface area contributed by atoms with Crippen LogP contribution in [0.15, 0.2) is 52.7 Å². The molecule has 0 atom stereocenters. The molecule has 0 saturated carbocycles. The van der Waals surface area contributed by atoms with Gasteiger partial charge < -0.3 is 16.0 Å². The largest absolute Gasteiger partial charge is 0.376 e. The zero-order valence-electron chi connectivity index (χ0n) is 15.1. The van der Waals surface area contributed by atoms with E-state index >= 15 is 0 Å². The Hall–Kier alpha value is -3.22. The summed E-state index contributed by atoms with van der Waals surface area (Å²) in [5.74, 6) is -0.624. The van der Waals surface area contributed by atoms with Gasteiger partial charge in [-0.2, -0.15) is 0 Å². The molecule has 0 unspecified atom stereocenters. The van der Waals surface area contributed by atoms with Crippen LogP contribution in [-0.4, -0.2) is 36.4 Å². The van der Waals surface area contributed by atoms with Gasteiger partial charge in [0.25, 0.3) is 0 Å². The molecule has 0 aliphatic heterocycles. The van der Waals surface area contributed by atoms with Crippen molar-refractivity contribution in [3.63, 3.8) is 0 Å². The van der Waals surface area contributed by atoms with E-state index in [9.17, 15) is 14.4 Å². The highest BCUT2D eigenvalue weighted by atomic mass is 16.2. The van der Waals surface area contributed by atoms with Crippen molar-refractivity contribution in [3.05, 3.63) is 47.7 Å². The van der Waals surface area contributed by atoms with Gasteiger partial charge in [0.2, 0.25) is 17.6 Å². The molecular formula is C19H22N4O3. The molecule has 0 saturated heterocycles. The maximum absolute atomic E-state index is 11.9. The van der Waals surface area contributed by atoms with E-state index in [1.807, 2.05) is 31.2 Å². The highest BCUT2D eigenvalue weighted by Crippen LogP contribution is 2.20. The maximum atomic E-state index is 11.9. The summed E-state index contributed by atoms with van der Waals surface area (Å²) in [4.78, 5) is 39.1. The number of ketones is 1. The zero-order valence-corrected chi connectivity index (χ0v) is 15.1. The van der Waals surface area contributed by atoms with Crippen LogP contribution in [0.25, 0.3) is 0 Å². The topological polar surface area (TPSA) is 99.7 Å². The Labute approximate surface area is 152 Å².